The number of nitrogens with zero attached hydrogens (tertiary/aromatic N) is 1. The number of hydrogen-bond acceptors (Lipinski definition) is 4. The lowest BCUT2D eigenvalue weighted by atomic mass is 9.93. The first-order valence-corrected chi connectivity index (χ1v) is 6.95. The summed E-state index contributed by atoms with van der Waals surface area (Å²) in [6.45, 7) is 0. The van der Waals surface area contributed by atoms with Crippen LogP contribution in [0.4, 0.5) is 0 Å². The third-order valence-corrected chi connectivity index (χ3v) is 5.06. The zero-order valence-electron chi connectivity index (χ0n) is 8.20. The summed E-state index contributed by atoms with van der Waals surface area (Å²) in [4.78, 5) is 12.3. The van der Waals surface area contributed by atoms with Gasteiger partial charge in [-0.2, -0.15) is 5.26 Å². The fourth-order valence-electron chi connectivity index (χ4n) is 1.81. The lowest BCUT2D eigenvalue weighted by molar-refractivity contribution is 0.0970. The van der Waals surface area contributed by atoms with Crippen LogP contribution in [0.1, 0.15) is 33.6 Å². The average molecular weight is 239 g/mol. The van der Waals surface area contributed by atoms with Gasteiger partial charge >= 0.3 is 0 Å². The number of nitriles is 1. The van der Waals surface area contributed by atoms with Gasteiger partial charge < -0.3 is 0 Å². The first-order valence-electron chi connectivity index (χ1n) is 4.57. The molecule has 0 fully saturated rings. The quantitative estimate of drug-likeness (QED) is 0.751. The van der Waals surface area contributed by atoms with E-state index in [0.717, 1.165) is 18.4 Å². The molecule has 15 heavy (non-hydrogen) atoms. The number of ketones is 1. The minimum Gasteiger partial charge on any atom is -0.294 e. The molecule has 0 saturated carbocycles. The molecule has 1 heterocycles. The van der Waals surface area contributed by atoms with Crippen molar-refractivity contribution in [2.24, 2.45) is 0 Å². The summed E-state index contributed by atoms with van der Waals surface area (Å²) in [5.41, 5.74) is 1.40. The Hall–Kier alpha value is -0.990. The number of carbonyl (C=O) groups excluding carboxylic acids is 1. The molecule has 0 aromatic carbocycles. The molecule has 2 rings (SSSR count). The van der Waals surface area contributed by atoms with Crippen molar-refractivity contribution in [2.45, 2.75) is 23.5 Å². The van der Waals surface area contributed by atoms with Gasteiger partial charge in [-0.15, -0.1) is 11.3 Å². The van der Waals surface area contributed by atoms with Crippen LogP contribution in [0.25, 0.3) is 0 Å². The van der Waals surface area contributed by atoms with E-state index in [2.05, 4.69) is 6.07 Å². The van der Waals surface area contributed by atoms with Crippen molar-refractivity contribution in [3.05, 3.63) is 16.0 Å². The normalized spacial score (nSPS) is 16.9. The smallest absolute Gasteiger partial charge is 0.165 e. The topological polar surface area (TPSA) is 57.9 Å². The van der Waals surface area contributed by atoms with E-state index in [0.29, 0.717) is 21.1 Å². The predicted octanol–water partition coefficient (Wildman–Crippen LogP) is 1.88. The highest BCUT2D eigenvalue weighted by Crippen LogP contribution is 2.35. The molecule has 0 unspecified atom stereocenters. The van der Waals surface area contributed by atoms with Gasteiger partial charge in [0.05, 0.1) is 10.8 Å². The Balaban J connectivity index is 2.70. The van der Waals surface area contributed by atoms with Gasteiger partial charge in [0.2, 0.25) is 0 Å². The van der Waals surface area contributed by atoms with Gasteiger partial charge in [0.25, 0.3) is 0 Å². The molecule has 0 bridgehead atoms. The van der Waals surface area contributed by atoms with Crippen LogP contribution in [0.3, 0.4) is 0 Å². The largest absolute Gasteiger partial charge is 0.294 e. The lowest BCUT2D eigenvalue weighted by Gasteiger charge is -2.10. The molecule has 0 spiro atoms. The lowest BCUT2D eigenvalue weighted by Crippen LogP contribution is -2.11. The third-order valence-electron chi connectivity index (χ3n) is 2.45. The van der Waals surface area contributed by atoms with Gasteiger partial charge in [-0.25, -0.2) is 0 Å². The van der Waals surface area contributed by atoms with E-state index in [1.807, 2.05) is 0 Å². The predicted molar refractivity (Wildman–Crippen MR) is 58.6 cm³/mol. The fourth-order valence-corrected chi connectivity index (χ4v) is 3.95. The first kappa shape index (κ1) is 10.5. The molecule has 0 amide bonds. The molecule has 78 valence electrons. The fraction of sp³-hybridized carbons (Fsp3) is 0.400. The van der Waals surface area contributed by atoms with E-state index >= 15 is 0 Å². The van der Waals surface area contributed by atoms with Gasteiger partial charge in [0.1, 0.15) is 15.2 Å². The summed E-state index contributed by atoms with van der Waals surface area (Å²) in [5.74, 6) is 0.0409. The van der Waals surface area contributed by atoms with Crippen LogP contribution in [-0.2, 0) is 17.2 Å². The van der Waals surface area contributed by atoms with Crippen molar-refractivity contribution in [3.8, 4) is 6.07 Å². The minimum atomic E-state index is -1.17. The van der Waals surface area contributed by atoms with Gasteiger partial charge in [0.15, 0.2) is 5.78 Å². The molecule has 3 nitrogen and oxygen atoms in total. The Morgan fingerprint density at radius 3 is 2.80 bits per heavy atom. The molecule has 1 aromatic heterocycles. The molecule has 0 radical (unpaired) electrons. The zero-order valence-corrected chi connectivity index (χ0v) is 9.83. The van der Waals surface area contributed by atoms with Crippen LogP contribution in [0, 0.1) is 11.3 Å². The van der Waals surface area contributed by atoms with E-state index in [4.69, 9.17) is 5.26 Å². The summed E-state index contributed by atoms with van der Waals surface area (Å²) >= 11 is 1.21. The van der Waals surface area contributed by atoms with Crippen molar-refractivity contribution in [1.29, 1.82) is 5.26 Å². The number of fused-ring (bicyclic) bond motifs is 1. The highest BCUT2D eigenvalue weighted by Gasteiger charge is 2.27. The van der Waals surface area contributed by atoms with E-state index in [1.54, 1.807) is 6.26 Å². The van der Waals surface area contributed by atoms with Crippen molar-refractivity contribution < 1.29 is 9.00 Å². The van der Waals surface area contributed by atoms with Crippen molar-refractivity contribution in [2.75, 3.05) is 6.26 Å². The molecule has 5 heteroatoms. The van der Waals surface area contributed by atoms with Gasteiger partial charge in [-0.1, -0.05) is 0 Å². The zero-order chi connectivity index (χ0) is 11.0. The second kappa shape index (κ2) is 3.87. The number of rotatable bonds is 1. The molecule has 1 atom stereocenters. The summed E-state index contributed by atoms with van der Waals surface area (Å²) in [7, 11) is -1.17. The van der Waals surface area contributed by atoms with E-state index < -0.39 is 10.8 Å². The van der Waals surface area contributed by atoms with Gasteiger partial charge in [-0.3, -0.25) is 9.00 Å². The monoisotopic (exact) mass is 239 g/mol. The molecule has 0 saturated heterocycles. The van der Waals surface area contributed by atoms with Crippen LogP contribution in [0.2, 0.25) is 0 Å². The highest BCUT2D eigenvalue weighted by atomic mass is 32.2. The second-order valence-electron chi connectivity index (χ2n) is 3.41. The Morgan fingerprint density at radius 1 is 1.47 bits per heavy atom. The SMILES string of the molecule is C[S@@](=O)c1sc(C#N)c2c1C(=O)CCC2. The van der Waals surface area contributed by atoms with Crippen LogP contribution in [0.5, 0.6) is 0 Å². The van der Waals surface area contributed by atoms with E-state index in [-0.39, 0.29) is 5.78 Å². The van der Waals surface area contributed by atoms with Gasteiger partial charge in [0, 0.05) is 18.2 Å². The third kappa shape index (κ3) is 1.64. The minimum absolute atomic E-state index is 0.0409. The van der Waals surface area contributed by atoms with Gasteiger partial charge in [-0.05, 0) is 18.4 Å². The number of carbonyl (C=O) groups is 1. The Kier molecular flexibility index (Phi) is 2.72. The maximum absolute atomic E-state index is 11.7. The molecule has 1 aliphatic carbocycles. The van der Waals surface area contributed by atoms with Crippen LogP contribution in [0.15, 0.2) is 4.21 Å². The van der Waals surface area contributed by atoms with Crippen LogP contribution >= 0.6 is 11.3 Å². The summed E-state index contributed by atoms with van der Waals surface area (Å²) < 4.78 is 12.0. The molecule has 1 aromatic rings. The Labute approximate surface area is 94.2 Å². The number of hydrogen-bond donors (Lipinski definition) is 0. The van der Waals surface area contributed by atoms with Crippen molar-refractivity contribution >= 4 is 27.9 Å². The number of thiophene rings is 1. The Morgan fingerprint density at radius 2 is 2.20 bits per heavy atom. The van der Waals surface area contributed by atoms with E-state index in [1.165, 1.54) is 11.3 Å². The summed E-state index contributed by atoms with van der Waals surface area (Å²) in [6, 6.07) is 2.08. The Bertz CT molecular complexity index is 496. The van der Waals surface area contributed by atoms with Crippen LogP contribution in [-0.4, -0.2) is 16.2 Å². The van der Waals surface area contributed by atoms with Crippen LogP contribution < -0.4 is 0 Å². The van der Waals surface area contributed by atoms with Crippen molar-refractivity contribution in [3.63, 3.8) is 0 Å². The maximum Gasteiger partial charge on any atom is 0.165 e. The second-order valence-corrected chi connectivity index (χ2v) is 6.01. The maximum atomic E-state index is 11.7. The highest BCUT2D eigenvalue weighted by molar-refractivity contribution is 7.86. The van der Waals surface area contributed by atoms with Crippen molar-refractivity contribution in [1.82, 2.24) is 0 Å². The summed E-state index contributed by atoms with van der Waals surface area (Å²) in [6.07, 6.45) is 3.62. The molecular weight excluding hydrogens is 230 g/mol. The molecule has 0 N–H and O–H groups in total. The standard InChI is InChI=1S/C10H9NO2S2/c1-15(13)10-9-6(8(5-11)14-10)3-2-4-7(9)12/h2-4H2,1H3/t15-/m1/s1. The summed E-state index contributed by atoms with van der Waals surface area (Å²) in [5, 5.41) is 8.93. The molecule has 0 aliphatic heterocycles. The first-order chi connectivity index (χ1) is 7.15. The molecular formula is C10H9NO2S2. The van der Waals surface area contributed by atoms with E-state index in [9.17, 15) is 9.00 Å². The number of Topliss-reactive ketones (excluding diaryl/α,β-unsaturated/α-hetero) is 1. The average Bonchev–Trinajstić information content (AvgIpc) is 2.58. The molecule has 1 aliphatic rings.